The van der Waals surface area contributed by atoms with Crippen LogP contribution in [-0.2, 0) is 0 Å². The Kier molecular flexibility index (Phi) is 5.32. The molecule has 3 aromatic carbocycles. The van der Waals surface area contributed by atoms with Gasteiger partial charge in [-0.2, -0.15) is 0 Å². The van der Waals surface area contributed by atoms with Crippen molar-refractivity contribution in [2.45, 2.75) is 0 Å². The van der Waals surface area contributed by atoms with Gasteiger partial charge in [0, 0.05) is 5.56 Å². The Hall–Kier alpha value is -3.91. The van der Waals surface area contributed by atoms with E-state index in [2.05, 4.69) is 0 Å². The van der Waals surface area contributed by atoms with Crippen LogP contribution in [0.15, 0.2) is 66.7 Å². The highest BCUT2D eigenvalue weighted by Crippen LogP contribution is 2.38. The van der Waals surface area contributed by atoms with Crippen LogP contribution in [0.3, 0.4) is 0 Å². The first-order chi connectivity index (χ1) is 14.6. The van der Waals surface area contributed by atoms with E-state index in [1.807, 2.05) is 0 Å². The Morgan fingerprint density at radius 2 is 1.83 bits per heavy atom. The average Bonchev–Trinajstić information content (AvgIpc) is 2.88. The Labute approximate surface area is 171 Å². The summed E-state index contributed by atoms with van der Waals surface area (Å²) in [5.41, 5.74) is 2.52. The number of halogens is 1. The molecule has 0 saturated carbocycles. The number of ether oxygens (including phenoxy) is 2. The molecule has 1 heterocycles. The molecule has 0 aromatic heterocycles. The van der Waals surface area contributed by atoms with Crippen LogP contribution in [0, 0.1) is 5.82 Å². The minimum absolute atomic E-state index is 0.130. The Morgan fingerprint density at radius 3 is 2.60 bits per heavy atom. The van der Waals surface area contributed by atoms with Crippen molar-refractivity contribution in [2.24, 2.45) is 0 Å². The first-order valence-electron chi connectivity index (χ1n) is 9.12. The highest BCUT2D eigenvalue weighted by molar-refractivity contribution is 6.09. The second-order valence-electron chi connectivity index (χ2n) is 6.48. The summed E-state index contributed by atoms with van der Waals surface area (Å²) in [6.45, 7) is 0.338. The third kappa shape index (κ3) is 3.81. The number of carbonyl (C=O) groups is 2. The molecule has 2 amide bonds. The maximum atomic E-state index is 13.7. The molecule has 30 heavy (non-hydrogen) atoms. The normalized spacial score (nSPS) is 12.3. The van der Waals surface area contributed by atoms with Gasteiger partial charge in [-0.05, 0) is 54.6 Å². The highest BCUT2D eigenvalue weighted by atomic mass is 19.1. The number of hydrogen-bond donors (Lipinski definition) is 2. The lowest BCUT2D eigenvalue weighted by Crippen LogP contribution is -2.34. The van der Waals surface area contributed by atoms with Crippen LogP contribution in [0.25, 0.3) is 0 Å². The molecule has 1 aliphatic heterocycles. The Morgan fingerprint density at radius 1 is 1.07 bits per heavy atom. The van der Waals surface area contributed by atoms with Crippen LogP contribution in [0.4, 0.5) is 10.1 Å². The quantitative estimate of drug-likeness (QED) is 0.496. The average molecular weight is 408 g/mol. The summed E-state index contributed by atoms with van der Waals surface area (Å²) >= 11 is 0. The largest absolute Gasteiger partial charge is 0.492 e. The van der Waals surface area contributed by atoms with Gasteiger partial charge in [-0.15, -0.1) is 0 Å². The lowest BCUT2D eigenvalue weighted by Gasteiger charge is -2.22. The molecule has 152 valence electrons. The molecule has 0 fully saturated rings. The number of amides is 2. The van der Waals surface area contributed by atoms with Crippen LogP contribution in [-0.4, -0.2) is 30.2 Å². The van der Waals surface area contributed by atoms with Gasteiger partial charge >= 0.3 is 0 Å². The molecular formula is C22H17FN2O5. The molecule has 1 aliphatic rings. The molecule has 3 aromatic rings. The van der Waals surface area contributed by atoms with E-state index in [1.165, 1.54) is 29.2 Å². The van der Waals surface area contributed by atoms with E-state index in [9.17, 15) is 14.0 Å². The van der Waals surface area contributed by atoms with Gasteiger partial charge in [0.05, 0.1) is 17.8 Å². The first-order valence-corrected chi connectivity index (χ1v) is 9.12. The summed E-state index contributed by atoms with van der Waals surface area (Å²) in [7, 11) is 0. The van der Waals surface area contributed by atoms with Crippen molar-refractivity contribution in [3.8, 4) is 17.2 Å². The number of hydroxylamine groups is 1. The number of fused-ring (bicyclic) bond motifs is 2. The first kappa shape index (κ1) is 19.4. The van der Waals surface area contributed by atoms with Crippen LogP contribution < -0.4 is 19.9 Å². The summed E-state index contributed by atoms with van der Waals surface area (Å²) < 4.78 is 25.3. The molecule has 0 bridgehead atoms. The van der Waals surface area contributed by atoms with E-state index in [-0.39, 0.29) is 30.0 Å². The molecule has 8 heteroatoms. The molecular weight excluding hydrogens is 391 g/mol. The van der Waals surface area contributed by atoms with E-state index in [0.29, 0.717) is 17.2 Å². The zero-order chi connectivity index (χ0) is 21.1. The van der Waals surface area contributed by atoms with Crippen molar-refractivity contribution in [1.82, 2.24) is 5.48 Å². The Balaban J connectivity index is 1.54. The molecule has 0 radical (unpaired) electrons. The molecule has 2 N–H and O–H groups in total. The van der Waals surface area contributed by atoms with E-state index in [4.69, 9.17) is 14.7 Å². The number of nitrogens with one attached hydrogen (secondary N) is 1. The molecule has 0 saturated heterocycles. The fraction of sp³-hybridized carbons (Fsp3) is 0.0909. The van der Waals surface area contributed by atoms with Gasteiger partial charge in [-0.1, -0.05) is 12.1 Å². The second kappa shape index (κ2) is 8.22. The molecule has 0 atom stereocenters. The Bertz CT molecular complexity index is 1100. The van der Waals surface area contributed by atoms with Crippen molar-refractivity contribution in [1.29, 1.82) is 0 Å². The second-order valence-corrected chi connectivity index (χ2v) is 6.48. The topological polar surface area (TPSA) is 88.1 Å². The maximum Gasteiger partial charge on any atom is 0.274 e. The van der Waals surface area contributed by atoms with Crippen LogP contribution >= 0.6 is 0 Å². The predicted octanol–water partition coefficient (Wildman–Crippen LogP) is 3.78. The lowest BCUT2D eigenvalue weighted by atomic mass is 10.1. The van der Waals surface area contributed by atoms with Gasteiger partial charge < -0.3 is 14.4 Å². The third-order valence-corrected chi connectivity index (χ3v) is 4.59. The van der Waals surface area contributed by atoms with Gasteiger partial charge in [0.2, 0.25) is 0 Å². The number of hydrogen-bond acceptors (Lipinski definition) is 5. The van der Waals surface area contributed by atoms with Crippen molar-refractivity contribution < 1.29 is 28.7 Å². The van der Waals surface area contributed by atoms with Crippen molar-refractivity contribution in [2.75, 3.05) is 18.1 Å². The van der Waals surface area contributed by atoms with Gasteiger partial charge in [-0.25, -0.2) is 9.87 Å². The molecule has 7 nitrogen and oxygen atoms in total. The smallest absolute Gasteiger partial charge is 0.274 e. The zero-order valence-corrected chi connectivity index (χ0v) is 15.7. The standard InChI is InChI=1S/C22H17FN2O5/c23-15-7-10-19-17(13-15)22(27)25(18-3-1-2-4-20(18)30-19)11-12-29-16-8-5-14(6-9-16)21(26)24-28/h1-10,13,28H,11-12H2,(H,24,26). The number of para-hydroxylation sites is 2. The molecule has 0 spiro atoms. The minimum Gasteiger partial charge on any atom is -0.492 e. The van der Waals surface area contributed by atoms with Gasteiger partial charge in [0.1, 0.15) is 23.9 Å². The van der Waals surface area contributed by atoms with E-state index >= 15 is 0 Å². The van der Waals surface area contributed by atoms with Crippen molar-refractivity contribution in [3.05, 3.63) is 83.7 Å². The fourth-order valence-corrected chi connectivity index (χ4v) is 3.14. The summed E-state index contributed by atoms with van der Waals surface area (Å²) in [6, 6.07) is 17.0. The summed E-state index contributed by atoms with van der Waals surface area (Å²) in [5.74, 6) is -0.291. The van der Waals surface area contributed by atoms with Gasteiger partial charge in [0.15, 0.2) is 5.75 Å². The third-order valence-electron chi connectivity index (χ3n) is 4.59. The van der Waals surface area contributed by atoms with Gasteiger partial charge in [-0.3, -0.25) is 14.8 Å². The number of rotatable bonds is 5. The van der Waals surface area contributed by atoms with E-state index < -0.39 is 17.6 Å². The SMILES string of the molecule is O=C(NO)c1ccc(OCCN2C(=O)c3cc(F)ccc3Oc3ccccc32)cc1. The summed E-state index contributed by atoms with van der Waals surface area (Å²) in [4.78, 5) is 26.0. The van der Waals surface area contributed by atoms with E-state index in [1.54, 1.807) is 41.9 Å². The van der Waals surface area contributed by atoms with Crippen molar-refractivity contribution in [3.63, 3.8) is 0 Å². The maximum absolute atomic E-state index is 13.7. The van der Waals surface area contributed by atoms with Crippen molar-refractivity contribution >= 4 is 17.5 Å². The molecule has 4 rings (SSSR count). The number of benzene rings is 3. The highest BCUT2D eigenvalue weighted by Gasteiger charge is 2.28. The number of anilines is 1. The number of carbonyl (C=O) groups excluding carboxylic acids is 2. The predicted molar refractivity (Wildman–Crippen MR) is 106 cm³/mol. The van der Waals surface area contributed by atoms with Gasteiger partial charge in [0.25, 0.3) is 11.8 Å². The minimum atomic E-state index is -0.626. The van der Waals surface area contributed by atoms with Crippen LogP contribution in [0.1, 0.15) is 20.7 Å². The van der Waals surface area contributed by atoms with Crippen LogP contribution in [0.5, 0.6) is 17.2 Å². The summed E-state index contributed by atoms with van der Waals surface area (Å²) in [6.07, 6.45) is 0. The van der Waals surface area contributed by atoms with E-state index in [0.717, 1.165) is 6.07 Å². The fourth-order valence-electron chi connectivity index (χ4n) is 3.14. The van der Waals surface area contributed by atoms with Crippen LogP contribution in [0.2, 0.25) is 0 Å². The zero-order valence-electron chi connectivity index (χ0n) is 15.7. The molecule has 0 unspecified atom stereocenters. The lowest BCUT2D eigenvalue weighted by molar-refractivity contribution is 0.0706. The summed E-state index contributed by atoms with van der Waals surface area (Å²) in [5, 5.41) is 8.66. The molecule has 0 aliphatic carbocycles. The monoisotopic (exact) mass is 408 g/mol. The number of nitrogens with zero attached hydrogens (tertiary/aromatic N) is 1.